The Morgan fingerprint density at radius 1 is 0.414 bits per heavy atom. The molecule has 4 aromatic heterocycles. The van der Waals surface area contributed by atoms with Crippen LogP contribution >= 0.6 is 22.7 Å². The van der Waals surface area contributed by atoms with E-state index in [1.165, 1.54) is 54.2 Å². The van der Waals surface area contributed by atoms with Gasteiger partial charge in [-0.15, -0.1) is 22.7 Å². The molecule has 0 bridgehead atoms. The molecule has 0 atom stereocenters. The monoisotopic (exact) mass is 776 g/mol. The topological polar surface area (TPSA) is 41.9 Å². The van der Waals surface area contributed by atoms with Gasteiger partial charge in [-0.3, -0.25) is 4.98 Å². The molecule has 0 saturated heterocycles. The molecule has 4 nitrogen and oxygen atoms in total. The van der Waals surface area contributed by atoms with E-state index in [-0.39, 0.29) is 0 Å². The van der Waals surface area contributed by atoms with Gasteiger partial charge in [-0.1, -0.05) is 115 Å². The summed E-state index contributed by atoms with van der Waals surface area (Å²) in [5, 5.41) is 6.99. The number of thiophene rings is 2. The number of para-hydroxylation sites is 1. The van der Waals surface area contributed by atoms with Gasteiger partial charge in [0, 0.05) is 43.9 Å². The number of hydrogen-bond acceptors (Lipinski definition) is 6. The van der Waals surface area contributed by atoms with Crippen molar-refractivity contribution in [3.63, 3.8) is 0 Å². The molecule has 1 aliphatic heterocycles. The molecule has 0 amide bonds. The molecule has 58 heavy (non-hydrogen) atoms. The Kier molecular flexibility index (Phi) is 7.45. The third-order valence-corrected chi connectivity index (χ3v) is 13.7. The number of anilines is 3. The number of nitrogens with zero attached hydrogens (tertiary/aromatic N) is 4. The number of pyridine rings is 1. The standard InChI is InChI=1S/C52H32N4S2/c1-2-11-33(12-3-1)45-32-46(55-51(54-45)35-22-20-34(21-23-35)44-18-8-9-26-53-44)38-15-10-16-39(29-38)56-47-19-7-6-17-40(47)52(41-24-27-57-49(41)50-42(52)25-28-58-50)43-30-36-13-4-5-14-37(36)31-48(43)56/h1-32H. The Morgan fingerprint density at radius 2 is 1.05 bits per heavy atom. The third kappa shape index (κ3) is 4.95. The lowest BCUT2D eigenvalue weighted by atomic mass is 9.65. The molecule has 0 N–H and O–H groups in total. The van der Waals surface area contributed by atoms with E-state index in [9.17, 15) is 0 Å². The van der Waals surface area contributed by atoms with Crippen molar-refractivity contribution in [2.75, 3.05) is 4.90 Å². The van der Waals surface area contributed by atoms with Crippen molar-refractivity contribution in [3.05, 3.63) is 215 Å². The van der Waals surface area contributed by atoms with Crippen molar-refractivity contribution >= 4 is 50.5 Å². The molecule has 1 aliphatic carbocycles. The minimum atomic E-state index is -0.424. The molecular formula is C52H32N4S2. The lowest BCUT2D eigenvalue weighted by molar-refractivity contribution is 0.757. The van der Waals surface area contributed by atoms with Crippen LogP contribution in [0.1, 0.15) is 22.3 Å². The Morgan fingerprint density at radius 3 is 1.81 bits per heavy atom. The fraction of sp³-hybridized carbons (Fsp3) is 0.0192. The highest BCUT2D eigenvalue weighted by atomic mass is 32.1. The van der Waals surface area contributed by atoms with E-state index in [0.717, 1.165) is 45.0 Å². The van der Waals surface area contributed by atoms with Gasteiger partial charge in [0.25, 0.3) is 0 Å². The second-order valence-corrected chi connectivity index (χ2v) is 16.6. The Labute approximate surface area is 344 Å². The molecule has 0 unspecified atom stereocenters. The lowest BCUT2D eigenvalue weighted by Crippen LogP contribution is -2.35. The van der Waals surface area contributed by atoms with Gasteiger partial charge >= 0.3 is 0 Å². The third-order valence-electron chi connectivity index (χ3n) is 11.7. The van der Waals surface area contributed by atoms with Crippen LogP contribution in [0.5, 0.6) is 0 Å². The van der Waals surface area contributed by atoms with Crippen molar-refractivity contribution in [2.45, 2.75) is 5.41 Å². The van der Waals surface area contributed by atoms with E-state index < -0.39 is 5.41 Å². The first-order valence-electron chi connectivity index (χ1n) is 19.4. The second kappa shape index (κ2) is 13.0. The zero-order chi connectivity index (χ0) is 38.2. The maximum atomic E-state index is 5.27. The van der Waals surface area contributed by atoms with Crippen LogP contribution in [-0.2, 0) is 5.41 Å². The van der Waals surface area contributed by atoms with Gasteiger partial charge in [-0.2, -0.15) is 0 Å². The number of benzene rings is 6. The van der Waals surface area contributed by atoms with Crippen molar-refractivity contribution in [2.24, 2.45) is 0 Å². The van der Waals surface area contributed by atoms with E-state index in [2.05, 4.69) is 172 Å². The van der Waals surface area contributed by atoms with Crippen LogP contribution in [0.2, 0.25) is 0 Å². The Hall–Kier alpha value is -6.99. The molecule has 0 fully saturated rings. The van der Waals surface area contributed by atoms with E-state index in [4.69, 9.17) is 9.97 Å². The zero-order valence-corrected chi connectivity index (χ0v) is 32.7. The molecule has 5 heterocycles. The molecule has 6 heteroatoms. The first-order valence-corrected chi connectivity index (χ1v) is 21.2. The van der Waals surface area contributed by atoms with E-state index in [1.54, 1.807) is 0 Å². The highest BCUT2D eigenvalue weighted by Gasteiger charge is 2.53. The molecule has 10 aromatic rings. The second-order valence-electron chi connectivity index (χ2n) is 14.8. The zero-order valence-electron chi connectivity index (χ0n) is 31.1. The van der Waals surface area contributed by atoms with E-state index >= 15 is 0 Å². The first-order chi connectivity index (χ1) is 28.7. The summed E-state index contributed by atoms with van der Waals surface area (Å²) in [4.78, 5) is 20.2. The summed E-state index contributed by atoms with van der Waals surface area (Å²) in [7, 11) is 0. The van der Waals surface area contributed by atoms with Gasteiger partial charge in [-0.25, -0.2) is 9.97 Å². The van der Waals surface area contributed by atoms with Gasteiger partial charge in [0.1, 0.15) is 0 Å². The molecule has 0 radical (unpaired) electrons. The highest BCUT2D eigenvalue weighted by Crippen LogP contribution is 2.65. The average Bonchev–Trinajstić information content (AvgIpc) is 4.04. The number of hydrogen-bond donors (Lipinski definition) is 0. The molecule has 12 rings (SSSR count). The van der Waals surface area contributed by atoms with Crippen LogP contribution in [0.4, 0.5) is 17.1 Å². The predicted octanol–water partition coefficient (Wildman–Crippen LogP) is 14.0. The Balaban J connectivity index is 1.05. The lowest BCUT2D eigenvalue weighted by Gasteiger charge is -2.44. The van der Waals surface area contributed by atoms with E-state index in [0.29, 0.717) is 5.82 Å². The summed E-state index contributed by atoms with van der Waals surface area (Å²) in [6.45, 7) is 0. The van der Waals surface area contributed by atoms with Crippen LogP contribution in [0.25, 0.3) is 65.7 Å². The van der Waals surface area contributed by atoms with Crippen molar-refractivity contribution < 1.29 is 0 Å². The van der Waals surface area contributed by atoms with Gasteiger partial charge in [0.05, 0.1) is 33.9 Å². The summed E-state index contributed by atoms with van der Waals surface area (Å²) in [6.07, 6.45) is 1.82. The summed E-state index contributed by atoms with van der Waals surface area (Å²) in [5.74, 6) is 0.677. The maximum Gasteiger partial charge on any atom is 0.160 e. The van der Waals surface area contributed by atoms with Crippen molar-refractivity contribution in [3.8, 4) is 54.9 Å². The van der Waals surface area contributed by atoms with Gasteiger partial charge in [0.2, 0.25) is 0 Å². The number of rotatable bonds is 5. The first kappa shape index (κ1) is 33.2. The fourth-order valence-electron chi connectivity index (χ4n) is 9.15. The van der Waals surface area contributed by atoms with Gasteiger partial charge in [-0.05, 0) is 104 Å². The maximum absolute atomic E-state index is 5.27. The minimum absolute atomic E-state index is 0.424. The average molecular weight is 777 g/mol. The Bertz CT molecular complexity index is 3140. The molecule has 272 valence electrons. The van der Waals surface area contributed by atoms with Crippen LogP contribution < -0.4 is 4.90 Å². The van der Waals surface area contributed by atoms with Crippen LogP contribution in [0.15, 0.2) is 193 Å². The summed E-state index contributed by atoms with van der Waals surface area (Å²) in [6, 6.07) is 63.1. The number of fused-ring (bicyclic) bond motifs is 10. The highest BCUT2D eigenvalue weighted by molar-refractivity contribution is 7.21. The number of aromatic nitrogens is 3. The van der Waals surface area contributed by atoms with E-state index in [1.807, 2.05) is 53.1 Å². The molecular weight excluding hydrogens is 745 g/mol. The molecule has 1 spiro atoms. The summed E-state index contributed by atoms with van der Waals surface area (Å²) < 4.78 is 0. The summed E-state index contributed by atoms with van der Waals surface area (Å²) >= 11 is 3.71. The molecule has 0 saturated carbocycles. The van der Waals surface area contributed by atoms with Crippen LogP contribution in [0, 0.1) is 0 Å². The van der Waals surface area contributed by atoms with Crippen molar-refractivity contribution in [1.82, 2.24) is 15.0 Å². The van der Waals surface area contributed by atoms with Crippen LogP contribution in [-0.4, -0.2) is 15.0 Å². The smallest absolute Gasteiger partial charge is 0.160 e. The molecule has 6 aromatic carbocycles. The largest absolute Gasteiger partial charge is 0.310 e. The SMILES string of the molecule is c1ccc(-c2cc(-c3cccc(N4c5ccccc5C5(c6cc7ccccc7cc64)c4ccsc4-c4sccc45)c3)nc(-c3ccc(-c4ccccn4)cc3)n2)cc1. The van der Waals surface area contributed by atoms with Gasteiger partial charge in [0.15, 0.2) is 5.82 Å². The van der Waals surface area contributed by atoms with Crippen molar-refractivity contribution in [1.29, 1.82) is 0 Å². The minimum Gasteiger partial charge on any atom is -0.310 e. The van der Waals surface area contributed by atoms with Gasteiger partial charge < -0.3 is 4.90 Å². The summed E-state index contributed by atoms with van der Waals surface area (Å²) in [5.41, 5.74) is 15.1. The molecule has 2 aliphatic rings. The van der Waals surface area contributed by atoms with Crippen LogP contribution in [0.3, 0.4) is 0 Å². The quantitative estimate of drug-likeness (QED) is 0.175. The predicted molar refractivity (Wildman–Crippen MR) is 240 cm³/mol. The fourth-order valence-corrected chi connectivity index (χ4v) is 11.2. The normalized spacial score (nSPS) is 13.3.